The van der Waals surface area contributed by atoms with Gasteiger partial charge in [-0.05, 0) is 34.1 Å². The van der Waals surface area contributed by atoms with Gasteiger partial charge in [-0.2, -0.15) is 0 Å². The van der Waals surface area contributed by atoms with Crippen molar-refractivity contribution in [2.75, 3.05) is 19.7 Å². The summed E-state index contributed by atoms with van der Waals surface area (Å²) in [5.74, 6) is 0.0703. The molecule has 0 aromatic carbocycles. The average molecular weight is 393 g/mol. The fourth-order valence-electron chi connectivity index (χ4n) is 4.80. The van der Waals surface area contributed by atoms with Gasteiger partial charge in [0.1, 0.15) is 5.60 Å². The van der Waals surface area contributed by atoms with Crippen molar-refractivity contribution in [3.8, 4) is 0 Å². The first-order chi connectivity index (χ1) is 13.1. The zero-order chi connectivity index (χ0) is 21.3. The van der Waals surface area contributed by atoms with Gasteiger partial charge in [0, 0.05) is 43.6 Å². The van der Waals surface area contributed by atoms with Crippen molar-refractivity contribution in [3.05, 3.63) is 25.3 Å². The van der Waals surface area contributed by atoms with Gasteiger partial charge < -0.3 is 15.0 Å². The Morgan fingerprint density at radius 3 is 1.96 bits per heavy atom. The van der Waals surface area contributed by atoms with E-state index in [1.807, 2.05) is 4.90 Å². The van der Waals surface area contributed by atoms with Crippen LogP contribution in [0.4, 0.5) is 0 Å². The number of piperidine rings is 1. The van der Waals surface area contributed by atoms with E-state index >= 15 is 0 Å². The van der Waals surface area contributed by atoms with Crippen molar-refractivity contribution in [2.24, 2.45) is 0 Å². The average Bonchev–Trinajstić information content (AvgIpc) is 2.57. The van der Waals surface area contributed by atoms with E-state index < -0.39 is 5.60 Å². The SMILES string of the molecule is C=CCN(CC=C)C(=O)C1(OCCCCCCCC)CC(C)(C)NC(C)(C)C1. The molecule has 0 atom stereocenters. The lowest BCUT2D eigenvalue weighted by molar-refractivity contribution is -0.171. The van der Waals surface area contributed by atoms with Crippen LogP contribution in [0, 0.1) is 0 Å². The van der Waals surface area contributed by atoms with Gasteiger partial charge in [-0.25, -0.2) is 0 Å². The van der Waals surface area contributed by atoms with Crippen LogP contribution in [-0.4, -0.2) is 47.2 Å². The van der Waals surface area contributed by atoms with Crippen LogP contribution in [0.3, 0.4) is 0 Å². The molecule has 1 aliphatic rings. The van der Waals surface area contributed by atoms with Crippen LogP contribution in [0.15, 0.2) is 25.3 Å². The highest BCUT2D eigenvalue weighted by Gasteiger charge is 2.53. The molecule has 0 radical (unpaired) electrons. The van der Waals surface area contributed by atoms with E-state index in [-0.39, 0.29) is 17.0 Å². The van der Waals surface area contributed by atoms with Crippen molar-refractivity contribution >= 4 is 5.91 Å². The zero-order valence-corrected chi connectivity index (χ0v) is 19.1. The normalized spacial score (nSPS) is 19.8. The molecule has 1 rings (SSSR count). The second-order valence-electron chi connectivity index (χ2n) is 9.64. The van der Waals surface area contributed by atoms with E-state index in [0.717, 1.165) is 6.42 Å². The molecule has 4 nitrogen and oxygen atoms in total. The topological polar surface area (TPSA) is 41.6 Å². The molecule has 0 aliphatic carbocycles. The largest absolute Gasteiger partial charge is 0.365 e. The highest BCUT2D eigenvalue weighted by Crippen LogP contribution is 2.40. The number of ether oxygens (including phenoxy) is 1. The van der Waals surface area contributed by atoms with Gasteiger partial charge in [0.2, 0.25) is 0 Å². The second kappa shape index (κ2) is 11.2. The summed E-state index contributed by atoms with van der Waals surface area (Å²) in [7, 11) is 0. The van der Waals surface area contributed by atoms with E-state index in [0.29, 0.717) is 32.5 Å². The lowest BCUT2D eigenvalue weighted by atomic mass is 9.72. The molecule has 1 saturated heterocycles. The molecule has 1 amide bonds. The Kier molecular flexibility index (Phi) is 9.92. The summed E-state index contributed by atoms with van der Waals surface area (Å²) in [6.07, 6.45) is 12.2. The quantitative estimate of drug-likeness (QED) is 0.344. The summed E-state index contributed by atoms with van der Waals surface area (Å²) in [5, 5.41) is 3.68. The molecule has 4 heteroatoms. The van der Waals surface area contributed by atoms with Crippen molar-refractivity contribution in [1.82, 2.24) is 10.2 Å². The number of rotatable bonds is 13. The number of carbonyl (C=O) groups excluding carboxylic acids is 1. The van der Waals surface area contributed by atoms with Crippen molar-refractivity contribution in [3.63, 3.8) is 0 Å². The van der Waals surface area contributed by atoms with Gasteiger partial charge in [0.05, 0.1) is 0 Å². The minimum atomic E-state index is -0.798. The molecule has 0 bridgehead atoms. The van der Waals surface area contributed by atoms with Crippen LogP contribution in [0.5, 0.6) is 0 Å². The highest BCUT2D eigenvalue weighted by atomic mass is 16.5. The van der Waals surface area contributed by atoms with Crippen LogP contribution in [-0.2, 0) is 9.53 Å². The highest BCUT2D eigenvalue weighted by molar-refractivity contribution is 5.86. The first-order valence-corrected chi connectivity index (χ1v) is 11.1. The van der Waals surface area contributed by atoms with Crippen LogP contribution in [0.1, 0.15) is 86.0 Å². The van der Waals surface area contributed by atoms with E-state index in [1.165, 1.54) is 32.1 Å². The fourth-order valence-corrected chi connectivity index (χ4v) is 4.80. The van der Waals surface area contributed by atoms with Crippen molar-refractivity contribution in [2.45, 2.75) is 103 Å². The van der Waals surface area contributed by atoms with Gasteiger partial charge in [-0.15, -0.1) is 13.2 Å². The van der Waals surface area contributed by atoms with Crippen LogP contribution in [0.2, 0.25) is 0 Å². The third kappa shape index (κ3) is 7.71. The Morgan fingerprint density at radius 1 is 0.964 bits per heavy atom. The molecule has 0 spiro atoms. The van der Waals surface area contributed by atoms with Crippen molar-refractivity contribution < 1.29 is 9.53 Å². The summed E-state index contributed by atoms with van der Waals surface area (Å²) in [4.78, 5) is 15.5. The minimum Gasteiger partial charge on any atom is -0.365 e. The molecule has 1 aliphatic heterocycles. The monoisotopic (exact) mass is 392 g/mol. The number of unbranched alkanes of at least 4 members (excludes halogenated alkanes) is 5. The number of hydrogen-bond acceptors (Lipinski definition) is 3. The van der Waals surface area contributed by atoms with E-state index in [9.17, 15) is 4.79 Å². The Hall–Kier alpha value is -1.13. The zero-order valence-electron chi connectivity index (χ0n) is 19.1. The smallest absolute Gasteiger partial charge is 0.255 e. The number of carbonyl (C=O) groups is 1. The molecule has 28 heavy (non-hydrogen) atoms. The third-order valence-electron chi connectivity index (χ3n) is 5.38. The predicted molar refractivity (Wildman–Crippen MR) is 120 cm³/mol. The van der Waals surface area contributed by atoms with Crippen LogP contribution < -0.4 is 5.32 Å². The van der Waals surface area contributed by atoms with Gasteiger partial charge in [0.15, 0.2) is 0 Å². The molecule has 1 N–H and O–H groups in total. The van der Waals surface area contributed by atoms with Crippen LogP contribution in [0.25, 0.3) is 0 Å². The standard InChI is InChI=1S/C24H44N2O2/c1-8-11-12-13-14-15-18-28-24(21(27)26(16-9-2)17-10-3)19-22(4,5)25-23(6,7)20-24/h9-10,25H,2-3,8,11-20H2,1,4-7H3. The molecular formula is C24H44N2O2. The summed E-state index contributed by atoms with van der Waals surface area (Å²) >= 11 is 0. The molecule has 0 saturated carbocycles. The number of amides is 1. The predicted octanol–water partition coefficient (Wildman–Crippen LogP) is 5.24. The van der Waals surface area contributed by atoms with Crippen LogP contribution >= 0.6 is 0 Å². The Labute approximate surface area is 173 Å². The summed E-state index contributed by atoms with van der Waals surface area (Å²) in [6, 6.07) is 0. The fraction of sp³-hybridized carbons (Fsp3) is 0.792. The molecule has 0 aromatic rings. The van der Waals surface area contributed by atoms with E-state index in [2.05, 4.69) is 53.1 Å². The first kappa shape index (κ1) is 24.9. The van der Waals surface area contributed by atoms with Gasteiger partial charge in [-0.3, -0.25) is 4.79 Å². The molecule has 1 heterocycles. The van der Waals surface area contributed by atoms with Gasteiger partial charge in [-0.1, -0.05) is 51.2 Å². The van der Waals surface area contributed by atoms with E-state index in [4.69, 9.17) is 4.74 Å². The summed E-state index contributed by atoms with van der Waals surface area (Å²) in [6.45, 7) is 20.2. The third-order valence-corrected chi connectivity index (χ3v) is 5.38. The minimum absolute atomic E-state index is 0.0703. The Morgan fingerprint density at radius 2 is 1.46 bits per heavy atom. The molecule has 0 aromatic heterocycles. The maximum absolute atomic E-state index is 13.7. The van der Waals surface area contributed by atoms with Gasteiger partial charge >= 0.3 is 0 Å². The molecule has 0 unspecified atom stereocenters. The number of nitrogens with zero attached hydrogens (tertiary/aromatic N) is 1. The molecule has 162 valence electrons. The number of nitrogens with one attached hydrogen (secondary N) is 1. The second-order valence-corrected chi connectivity index (χ2v) is 9.64. The number of hydrogen-bond donors (Lipinski definition) is 1. The summed E-state index contributed by atoms with van der Waals surface area (Å²) in [5.41, 5.74) is -1.15. The maximum atomic E-state index is 13.7. The van der Waals surface area contributed by atoms with Crippen molar-refractivity contribution in [1.29, 1.82) is 0 Å². The van der Waals surface area contributed by atoms with E-state index in [1.54, 1.807) is 12.2 Å². The molecule has 1 fully saturated rings. The van der Waals surface area contributed by atoms with Gasteiger partial charge in [0.25, 0.3) is 5.91 Å². The maximum Gasteiger partial charge on any atom is 0.255 e. The Bertz CT molecular complexity index is 485. The summed E-state index contributed by atoms with van der Waals surface area (Å²) < 4.78 is 6.48. The lowest BCUT2D eigenvalue weighted by Gasteiger charge is -2.52. The molecular weight excluding hydrogens is 348 g/mol. The first-order valence-electron chi connectivity index (χ1n) is 11.1. The Balaban J connectivity index is 2.94. The lowest BCUT2D eigenvalue weighted by Crippen LogP contribution is -2.68.